The minimum absolute atomic E-state index is 0.0160. The molecule has 0 saturated heterocycles. The minimum atomic E-state index is -4.13. The Kier molecular flexibility index (Phi) is 3.13. The van der Waals surface area contributed by atoms with Crippen LogP contribution in [0.15, 0.2) is 21.5 Å². The number of hydrogen-bond donors (Lipinski definition) is 1. The Labute approximate surface area is 89.0 Å². The molecule has 1 rings (SSSR count). The molecule has 1 aromatic carbocycles. The van der Waals surface area contributed by atoms with Crippen molar-refractivity contribution in [2.24, 2.45) is 5.14 Å². The smallest absolute Gasteiger partial charge is 0.244 e. The highest BCUT2D eigenvalue weighted by Gasteiger charge is 2.22. The van der Waals surface area contributed by atoms with E-state index in [2.05, 4.69) is 20.7 Å². The van der Waals surface area contributed by atoms with Crippen LogP contribution < -0.4 is 9.88 Å². The Hall–Kier alpha value is -0.660. The van der Waals surface area contributed by atoms with Crippen LogP contribution in [0.1, 0.15) is 0 Å². The second kappa shape index (κ2) is 3.84. The van der Waals surface area contributed by atoms with E-state index < -0.39 is 20.7 Å². The summed E-state index contributed by atoms with van der Waals surface area (Å²) in [6.45, 7) is 0. The van der Waals surface area contributed by atoms with Crippen molar-refractivity contribution in [1.29, 1.82) is 0 Å². The van der Waals surface area contributed by atoms with Crippen LogP contribution in [0.4, 0.5) is 4.39 Å². The van der Waals surface area contributed by atoms with Gasteiger partial charge in [0.1, 0.15) is 5.75 Å². The number of sulfonamides is 1. The lowest BCUT2D eigenvalue weighted by Gasteiger charge is -2.08. The van der Waals surface area contributed by atoms with Crippen molar-refractivity contribution < 1.29 is 17.5 Å². The number of methoxy groups -OCH3 is 1. The van der Waals surface area contributed by atoms with Gasteiger partial charge in [-0.25, -0.2) is 17.9 Å². The fraction of sp³-hybridized carbons (Fsp3) is 0.143. The van der Waals surface area contributed by atoms with Crippen molar-refractivity contribution in [3.05, 3.63) is 22.4 Å². The molecule has 0 radical (unpaired) electrons. The van der Waals surface area contributed by atoms with Crippen LogP contribution in [0.3, 0.4) is 0 Å². The predicted molar refractivity (Wildman–Crippen MR) is 52.0 cm³/mol. The Balaban J connectivity index is 3.60. The summed E-state index contributed by atoms with van der Waals surface area (Å²) in [6.07, 6.45) is 0. The Morgan fingerprint density at radius 2 is 2.07 bits per heavy atom. The van der Waals surface area contributed by atoms with Crippen LogP contribution in [-0.2, 0) is 10.0 Å². The molecular formula is C7H7BrFNO3S. The van der Waals surface area contributed by atoms with Crippen LogP contribution in [0.5, 0.6) is 5.75 Å². The third-order valence-corrected chi connectivity index (χ3v) is 3.08. The summed E-state index contributed by atoms with van der Waals surface area (Å²) in [5.41, 5.74) is 0. The molecule has 0 unspecified atom stereocenters. The maximum Gasteiger partial charge on any atom is 0.244 e. The lowest BCUT2D eigenvalue weighted by atomic mass is 10.3. The number of rotatable bonds is 2. The summed E-state index contributed by atoms with van der Waals surface area (Å²) in [5, 5.41) is 4.83. The van der Waals surface area contributed by atoms with Crippen LogP contribution >= 0.6 is 15.9 Å². The van der Waals surface area contributed by atoms with Crippen molar-refractivity contribution in [3.63, 3.8) is 0 Å². The fourth-order valence-electron chi connectivity index (χ4n) is 0.940. The summed E-state index contributed by atoms with van der Waals surface area (Å²) in [7, 11) is -2.90. The van der Waals surface area contributed by atoms with Crippen LogP contribution in [0.25, 0.3) is 0 Å². The largest absolute Gasteiger partial charge is 0.495 e. The van der Waals surface area contributed by atoms with E-state index in [0.717, 1.165) is 0 Å². The molecule has 0 heterocycles. The van der Waals surface area contributed by atoms with Crippen molar-refractivity contribution in [2.45, 2.75) is 4.90 Å². The average molecular weight is 284 g/mol. The molecule has 0 aliphatic rings. The highest BCUT2D eigenvalue weighted by molar-refractivity contribution is 9.10. The zero-order valence-electron chi connectivity index (χ0n) is 7.12. The lowest BCUT2D eigenvalue weighted by molar-refractivity contribution is 0.394. The van der Waals surface area contributed by atoms with Gasteiger partial charge in [0, 0.05) is 0 Å². The zero-order valence-corrected chi connectivity index (χ0v) is 9.52. The van der Waals surface area contributed by atoms with Gasteiger partial charge in [-0.2, -0.15) is 0 Å². The predicted octanol–water partition coefficient (Wildman–Crippen LogP) is 1.24. The molecule has 14 heavy (non-hydrogen) atoms. The Morgan fingerprint density at radius 1 is 1.50 bits per heavy atom. The maximum atomic E-state index is 13.4. The molecule has 0 atom stereocenters. The van der Waals surface area contributed by atoms with Gasteiger partial charge in [-0.05, 0) is 28.1 Å². The van der Waals surface area contributed by atoms with Crippen molar-refractivity contribution in [1.82, 2.24) is 0 Å². The summed E-state index contributed by atoms with van der Waals surface area (Å²) in [4.78, 5) is -0.644. The molecule has 0 amide bonds. The monoisotopic (exact) mass is 283 g/mol. The van der Waals surface area contributed by atoms with Crippen molar-refractivity contribution in [2.75, 3.05) is 7.11 Å². The molecule has 0 aliphatic heterocycles. The Bertz CT molecular complexity index is 460. The van der Waals surface area contributed by atoms with E-state index >= 15 is 0 Å². The SMILES string of the molecule is COc1ccc(Br)c(F)c1S(N)(=O)=O. The lowest BCUT2D eigenvalue weighted by Crippen LogP contribution is -2.15. The normalized spacial score (nSPS) is 11.4. The number of primary sulfonamides is 1. The summed E-state index contributed by atoms with van der Waals surface area (Å²) in [5.74, 6) is -1.07. The van der Waals surface area contributed by atoms with E-state index in [1.54, 1.807) is 0 Å². The molecular weight excluding hydrogens is 277 g/mol. The maximum absolute atomic E-state index is 13.4. The fourth-order valence-corrected chi connectivity index (χ4v) is 2.19. The quantitative estimate of drug-likeness (QED) is 0.888. The van der Waals surface area contributed by atoms with E-state index in [1.807, 2.05) is 0 Å². The molecule has 0 bridgehead atoms. The number of halogens is 2. The van der Waals surface area contributed by atoms with Gasteiger partial charge in [-0.3, -0.25) is 0 Å². The van der Waals surface area contributed by atoms with Gasteiger partial charge < -0.3 is 4.74 Å². The molecule has 4 nitrogen and oxygen atoms in total. The molecule has 78 valence electrons. The van der Waals surface area contributed by atoms with Gasteiger partial charge in [-0.15, -0.1) is 0 Å². The van der Waals surface area contributed by atoms with E-state index in [-0.39, 0.29) is 10.2 Å². The zero-order chi connectivity index (χ0) is 10.9. The topological polar surface area (TPSA) is 69.4 Å². The van der Waals surface area contributed by atoms with E-state index in [0.29, 0.717) is 0 Å². The summed E-state index contributed by atoms with van der Waals surface area (Å²) < 4.78 is 40.1. The first-order valence-electron chi connectivity index (χ1n) is 3.42. The first-order valence-corrected chi connectivity index (χ1v) is 5.76. The second-order valence-corrected chi connectivity index (χ2v) is 4.79. The summed E-state index contributed by atoms with van der Waals surface area (Å²) in [6, 6.07) is 2.65. The molecule has 0 aromatic heterocycles. The average Bonchev–Trinajstić information content (AvgIpc) is 2.07. The molecule has 0 fully saturated rings. The number of benzene rings is 1. The molecule has 2 N–H and O–H groups in total. The summed E-state index contributed by atoms with van der Waals surface area (Å²) >= 11 is 2.85. The van der Waals surface area contributed by atoms with Gasteiger partial charge in [0.25, 0.3) is 0 Å². The van der Waals surface area contributed by atoms with Crippen LogP contribution in [0, 0.1) is 5.82 Å². The number of ether oxygens (including phenoxy) is 1. The molecule has 0 saturated carbocycles. The minimum Gasteiger partial charge on any atom is -0.495 e. The molecule has 0 aliphatic carbocycles. The molecule has 7 heteroatoms. The number of nitrogens with two attached hydrogens (primary N) is 1. The van der Waals surface area contributed by atoms with E-state index in [1.165, 1.54) is 19.2 Å². The van der Waals surface area contributed by atoms with Crippen LogP contribution in [-0.4, -0.2) is 15.5 Å². The van der Waals surface area contributed by atoms with Crippen molar-refractivity contribution >= 4 is 26.0 Å². The highest BCUT2D eigenvalue weighted by Crippen LogP contribution is 2.30. The molecule has 0 spiro atoms. The second-order valence-electron chi connectivity index (χ2n) is 2.44. The van der Waals surface area contributed by atoms with Gasteiger partial charge in [-0.1, -0.05) is 0 Å². The third kappa shape index (κ3) is 2.05. The third-order valence-electron chi connectivity index (χ3n) is 1.52. The van der Waals surface area contributed by atoms with E-state index in [4.69, 9.17) is 5.14 Å². The Morgan fingerprint density at radius 3 is 2.50 bits per heavy atom. The molecule has 1 aromatic rings. The number of hydrogen-bond acceptors (Lipinski definition) is 3. The standard InChI is InChI=1S/C7H7BrFNO3S/c1-13-5-3-2-4(8)6(9)7(5)14(10,11)12/h2-3H,1H3,(H2,10,11,12). The first-order chi connectivity index (χ1) is 6.38. The van der Waals surface area contributed by atoms with Gasteiger partial charge >= 0.3 is 0 Å². The highest BCUT2D eigenvalue weighted by atomic mass is 79.9. The van der Waals surface area contributed by atoms with Gasteiger partial charge in [0.2, 0.25) is 10.0 Å². The van der Waals surface area contributed by atoms with Gasteiger partial charge in [0.15, 0.2) is 10.7 Å². The van der Waals surface area contributed by atoms with Crippen LogP contribution in [0.2, 0.25) is 0 Å². The van der Waals surface area contributed by atoms with Crippen molar-refractivity contribution in [3.8, 4) is 5.75 Å². The first kappa shape index (κ1) is 11.4. The van der Waals surface area contributed by atoms with Gasteiger partial charge in [0.05, 0.1) is 11.6 Å². The van der Waals surface area contributed by atoms with E-state index in [9.17, 15) is 12.8 Å².